The number of aliphatic imine (C=N–C) groups is 1. The molecule has 390 valence electrons. The molecule has 2 amide bonds. The van der Waals surface area contributed by atoms with Crippen molar-refractivity contribution < 1.29 is 38.6 Å². The average Bonchev–Trinajstić information content (AvgIpc) is 4.15. The van der Waals surface area contributed by atoms with Crippen LogP contribution >= 0.6 is 23.3 Å². The Balaban J connectivity index is 0. The van der Waals surface area contributed by atoms with Crippen LogP contribution in [0.15, 0.2) is 78.1 Å². The SMILES string of the molecule is C=C1N=C(C(C)C)NO1.CC(C)C1=NSCC1O.CC(C)c1cc(O)co1.CC(C)c1cc(O)cs1.CC(C)c1ncn[nH]1.CNC(=O)C(C)C.CNC(=O)C(C)C.Cc1cocc(C(C)C)c1=O. The van der Waals surface area contributed by atoms with Crippen molar-refractivity contribution in [1.82, 2.24) is 31.3 Å². The summed E-state index contributed by atoms with van der Waals surface area (Å²) in [4.78, 5) is 46.1. The lowest BCUT2D eigenvalue weighted by molar-refractivity contribution is -0.124. The molecule has 4 aromatic rings. The highest BCUT2D eigenvalue weighted by molar-refractivity contribution is 7.98. The predicted molar refractivity (Wildman–Crippen MR) is 283 cm³/mol. The van der Waals surface area contributed by atoms with Gasteiger partial charge in [-0.25, -0.2) is 14.9 Å². The number of carbonyl (C=O) groups is 2. The molecule has 0 radical (unpaired) electrons. The number of H-pyrrole nitrogens is 1. The number of amidine groups is 1. The Kier molecular flexibility index (Phi) is 34.0. The van der Waals surface area contributed by atoms with E-state index in [-0.39, 0.29) is 46.9 Å². The summed E-state index contributed by atoms with van der Waals surface area (Å²) in [7, 11) is 3.28. The molecule has 0 spiro atoms. The lowest BCUT2D eigenvalue weighted by atomic mass is 10.0. The first-order valence-electron chi connectivity index (χ1n) is 23.1. The van der Waals surface area contributed by atoms with Gasteiger partial charge in [0, 0.05) is 76.9 Å². The van der Waals surface area contributed by atoms with E-state index in [9.17, 15) is 19.5 Å². The van der Waals surface area contributed by atoms with Crippen LogP contribution in [0.2, 0.25) is 0 Å². The second-order valence-corrected chi connectivity index (χ2v) is 19.7. The summed E-state index contributed by atoms with van der Waals surface area (Å²) >= 11 is 3.06. The summed E-state index contributed by atoms with van der Waals surface area (Å²) in [6.07, 6.45) is 5.59. The molecule has 0 aromatic carbocycles. The first-order valence-corrected chi connectivity index (χ1v) is 24.9. The molecule has 19 heteroatoms. The normalized spacial score (nSPS) is 13.3. The number of nitrogens with zero attached hydrogens (tertiary/aromatic N) is 4. The van der Waals surface area contributed by atoms with Gasteiger partial charge in [-0.05, 0) is 49.3 Å². The Hall–Kier alpha value is -5.40. The molecule has 17 nitrogen and oxygen atoms in total. The van der Waals surface area contributed by atoms with E-state index in [2.05, 4.69) is 75.0 Å². The molecule has 6 rings (SSSR count). The van der Waals surface area contributed by atoms with Crippen molar-refractivity contribution >= 4 is 46.6 Å². The number of aromatic nitrogens is 3. The molecule has 0 aliphatic carbocycles. The molecule has 0 fully saturated rings. The number of hydrogen-bond acceptors (Lipinski definition) is 16. The first-order chi connectivity index (χ1) is 32.1. The Morgan fingerprint density at radius 1 is 0.783 bits per heavy atom. The molecule has 1 unspecified atom stereocenters. The molecule has 0 saturated heterocycles. The Bertz CT molecular complexity index is 2070. The van der Waals surface area contributed by atoms with Gasteiger partial charge in [0.25, 0.3) is 0 Å². The van der Waals surface area contributed by atoms with E-state index >= 15 is 0 Å². The zero-order chi connectivity index (χ0) is 53.6. The summed E-state index contributed by atoms with van der Waals surface area (Å²) in [5.41, 5.74) is 5.14. The van der Waals surface area contributed by atoms with Gasteiger partial charge in [-0.15, -0.1) is 11.3 Å². The molecule has 2 aliphatic rings. The summed E-state index contributed by atoms with van der Waals surface area (Å²) in [5, 5.41) is 40.2. The first kappa shape index (κ1) is 65.7. The van der Waals surface area contributed by atoms with Crippen LogP contribution in [-0.2, 0) is 14.4 Å². The molecule has 0 saturated carbocycles. The van der Waals surface area contributed by atoms with Crippen molar-refractivity contribution in [3.05, 3.63) is 92.9 Å². The van der Waals surface area contributed by atoms with Crippen molar-refractivity contribution in [2.75, 3.05) is 19.8 Å². The number of aliphatic hydroxyl groups excluding tert-OH is 1. The van der Waals surface area contributed by atoms with E-state index in [0.717, 1.165) is 34.4 Å². The molecule has 0 bridgehead atoms. The fourth-order valence-electron chi connectivity index (χ4n) is 4.66. The fraction of sp³-hybridized carbons (Fsp3) is 0.580. The monoisotopic (exact) mass is 1000 g/mol. The summed E-state index contributed by atoms with van der Waals surface area (Å²) in [6.45, 7) is 37.2. The maximum Gasteiger partial charge on any atom is 0.240 e. The van der Waals surface area contributed by atoms with Crippen LogP contribution < -0.4 is 21.5 Å². The number of amides is 2. The number of carbonyl (C=O) groups excluding carboxylic acids is 2. The van der Waals surface area contributed by atoms with Gasteiger partial charge in [0.05, 0.1) is 18.2 Å². The third kappa shape index (κ3) is 29.3. The summed E-state index contributed by atoms with van der Waals surface area (Å²) in [5.74, 6) is 7.20. The molecule has 2 aliphatic heterocycles. The van der Waals surface area contributed by atoms with Gasteiger partial charge in [-0.3, -0.25) is 19.5 Å². The molecule has 1 atom stereocenters. The largest absolute Gasteiger partial charge is 0.507 e. The number of rotatable bonds is 8. The number of aliphatic hydroxyl groups is 1. The molecule has 7 N–H and O–H groups in total. The number of nitrogens with one attached hydrogen (secondary N) is 4. The van der Waals surface area contributed by atoms with E-state index < -0.39 is 0 Å². The van der Waals surface area contributed by atoms with Crippen molar-refractivity contribution in [2.45, 2.75) is 147 Å². The van der Waals surface area contributed by atoms with Crippen LogP contribution in [0, 0.1) is 30.6 Å². The quantitative estimate of drug-likeness (QED) is 0.0813. The number of furan rings is 1. The average molecular weight is 1010 g/mol. The second-order valence-electron chi connectivity index (χ2n) is 18.0. The van der Waals surface area contributed by atoms with Crippen LogP contribution in [0.5, 0.6) is 11.5 Å². The topological polar surface area (TPSA) is 250 Å². The highest BCUT2D eigenvalue weighted by Gasteiger charge is 2.21. The van der Waals surface area contributed by atoms with Crippen LogP contribution in [0.25, 0.3) is 0 Å². The zero-order valence-electron chi connectivity index (χ0n) is 44.5. The van der Waals surface area contributed by atoms with Crippen molar-refractivity contribution in [2.24, 2.45) is 33.1 Å². The van der Waals surface area contributed by atoms with Crippen LogP contribution in [0.3, 0.4) is 0 Å². The standard InChI is InChI=1S/C9H12O2.C7H10O2.C7H10OS.C6H10N2O.C6H11NOS.C5H9N3.2C5H11NO/c1-6(2)8-5-11-4-7(3)9(8)10;2*1-5(2)7-3-6(8)4-9-7;1-4(2)6-7-5(3)9-8-6;1-4(2)6-5(8)3-9-7-6;1-4(2)5-6-3-7-8-5;2*1-4(2)5(7)6-3/h4-6H,1-3H3;2*3-5,8H,1-2H3;4H,3H2,1-2H3,(H,7,8);4-5,8H,3H2,1-2H3;3-4H,1-2H3,(H,6,7,8);2*4H,1-3H3,(H,6,7). The minimum atomic E-state index is -0.282. The molecule has 6 heterocycles. The van der Waals surface area contributed by atoms with Crippen molar-refractivity contribution in [3.8, 4) is 11.5 Å². The van der Waals surface area contributed by atoms with Gasteiger partial charge >= 0.3 is 0 Å². The van der Waals surface area contributed by atoms with Gasteiger partial charge < -0.3 is 39.6 Å². The number of aryl methyl sites for hydroxylation is 1. The van der Waals surface area contributed by atoms with Crippen LogP contribution in [-0.4, -0.2) is 79.8 Å². The maximum absolute atomic E-state index is 11.4. The number of hydroxylamine groups is 1. The van der Waals surface area contributed by atoms with Crippen LogP contribution in [0.1, 0.15) is 162 Å². The van der Waals surface area contributed by atoms with E-state index in [4.69, 9.17) is 23.9 Å². The number of aromatic hydroxyl groups is 2. The fourth-order valence-corrected chi connectivity index (χ4v) is 6.31. The van der Waals surface area contributed by atoms with Gasteiger partial charge in [0.1, 0.15) is 41.9 Å². The highest BCUT2D eigenvalue weighted by atomic mass is 32.2. The lowest BCUT2D eigenvalue weighted by Gasteiger charge is -2.06. The third-order valence-corrected chi connectivity index (χ3v) is 11.0. The minimum absolute atomic E-state index is 0.0972. The Labute approximate surface area is 419 Å². The molecular formula is C50H84N8O9S2. The number of aromatic amines is 1. The highest BCUT2D eigenvalue weighted by Crippen LogP contribution is 2.26. The van der Waals surface area contributed by atoms with Gasteiger partial charge in [0.15, 0.2) is 11.2 Å². The predicted octanol–water partition coefficient (Wildman–Crippen LogP) is 10.6. The maximum atomic E-state index is 11.4. The Morgan fingerprint density at radius 3 is 1.58 bits per heavy atom. The lowest BCUT2D eigenvalue weighted by Crippen LogP contribution is -2.22. The van der Waals surface area contributed by atoms with Gasteiger partial charge in [-0.2, -0.15) is 10.1 Å². The minimum Gasteiger partial charge on any atom is -0.507 e. The molecular weight excluding hydrogens is 921 g/mol. The van der Waals surface area contributed by atoms with E-state index in [1.165, 1.54) is 41.9 Å². The molecule has 69 heavy (non-hydrogen) atoms. The molecule has 4 aromatic heterocycles. The van der Waals surface area contributed by atoms with Gasteiger partial charge in [0.2, 0.25) is 17.7 Å². The Morgan fingerprint density at radius 2 is 1.36 bits per heavy atom. The zero-order valence-corrected chi connectivity index (χ0v) is 46.2. The van der Waals surface area contributed by atoms with E-state index in [1.807, 2.05) is 89.2 Å². The number of thiophene rings is 1. The second kappa shape index (κ2) is 35.7. The van der Waals surface area contributed by atoms with Gasteiger partial charge in [-0.1, -0.05) is 111 Å². The van der Waals surface area contributed by atoms with Crippen molar-refractivity contribution in [3.63, 3.8) is 0 Å². The number of hydrogen-bond donors (Lipinski definition) is 7. The van der Waals surface area contributed by atoms with E-state index in [1.54, 1.807) is 43.8 Å². The summed E-state index contributed by atoms with van der Waals surface area (Å²) < 4.78 is 14.1. The third-order valence-electron chi connectivity index (χ3n) is 8.95. The summed E-state index contributed by atoms with van der Waals surface area (Å²) in [6, 6.07) is 3.44. The smallest absolute Gasteiger partial charge is 0.240 e. The van der Waals surface area contributed by atoms with Crippen LogP contribution in [0.4, 0.5) is 0 Å². The van der Waals surface area contributed by atoms with E-state index in [0.29, 0.717) is 46.8 Å². The van der Waals surface area contributed by atoms with Crippen molar-refractivity contribution in [1.29, 1.82) is 0 Å².